The minimum Gasteiger partial charge on any atom is -0.480 e. The number of carboxylic acids is 1. The molecule has 3 atom stereocenters. The highest BCUT2D eigenvalue weighted by Crippen LogP contribution is 2.67. The van der Waals surface area contributed by atoms with Crippen LogP contribution in [0.1, 0.15) is 6.42 Å². The average Bonchev–Trinajstić information content (AvgIpc) is 2.56. The maximum Gasteiger partial charge on any atom is 0.411 e. The number of carboxylic acid groups (broad SMARTS) is 1. The van der Waals surface area contributed by atoms with E-state index in [1.54, 1.807) is 0 Å². The van der Waals surface area contributed by atoms with Crippen molar-refractivity contribution in [2.75, 3.05) is 0 Å². The molecule has 7 heteroatoms. The molecule has 0 aromatic carbocycles. The Morgan fingerprint density at radius 2 is 1.75 bits per heavy atom. The van der Waals surface area contributed by atoms with Crippen molar-refractivity contribution < 1.29 is 31.9 Å². The zero-order valence-electron chi connectivity index (χ0n) is 7.76. The Morgan fingerprint density at radius 3 is 2.00 bits per heavy atom. The van der Waals surface area contributed by atoms with Crippen LogP contribution in [0.2, 0.25) is 0 Å². The van der Waals surface area contributed by atoms with Crippen LogP contribution in [0.4, 0.5) is 22.0 Å². The van der Waals surface area contributed by atoms with Gasteiger partial charge in [-0.05, 0) is 6.42 Å². The van der Waals surface area contributed by atoms with Gasteiger partial charge in [0.25, 0.3) is 5.92 Å². The monoisotopic (exact) mass is 242 g/mol. The van der Waals surface area contributed by atoms with Crippen LogP contribution in [-0.4, -0.2) is 23.2 Å². The molecule has 90 valence electrons. The molecule has 16 heavy (non-hydrogen) atoms. The first kappa shape index (κ1) is 11.3. The van der Waals surface area contributed by atoms with Crippen LogP contribution in [0, 0.1) is 17.3 Å². The first-order valence-electron chi connectivity index (χ1n) is 4.52. The topological polar surface area (TPSA) is 37.3 Å². The maximum atomic E-state index is 13.6. The Morgan fingerprint density at radius 1 is 1.25 bits per heavy atom. The second-order valence-corrected chi connectivity index (χ2v) is 4.07. The lowest BCUT2D eigenvalue weighted by Crippen LogP contribution is -2.59. The Balaban J connectivity index is 2.65. The normalized spacial score (nSPS) is 40.3. The number of rotatable bonds is 1. The minimum absolute atomic E-state index is 0.460. The summed E-state index contributed by atoms with van der Waals surface area (Å²) in [4.78, 5) is 10.7. The summed E-state index contributed by atoms with van der Waals surface area (Å²) in [6.45, 7) is 0. The number of hydrogen-bond donors (Lipinski definition) is 1. The Kier molecular flexibility index (Phi) is 1.95. The fourth-order valence-corrected chi connectivity index (χ4v) is 2.65. The summed E-state index contributed by atoms with van der Waals surface area (Å²) in [5.41, 5.74) is -3.96. The SMILES string of the molecule is O=C(O)C1(C(F)(F)F)C2C=CC(C2)C1(F)F. The van der Waals surface area contributed by atoms with Crippen LogP contribution in [0.3, 0.4) is 0 Å². The molecule has 0 amide bonds. The molecule has 2 rings (SSSR count). The standard InChI is InChI=1S/C9H7F5O2/c10-8(11)5-2-1-4(3-5)7(8,6(15)16)9(12,13)14/h1-2,4-5H,3H2,(H,15,16). The number of aliphatic carboxylic acids is 1. The van der Waals surface area contributed by atoms with Crippen molar-refractivity contribution in [3.63, 3.8) is 0 Å². The molecular weight excluding hydrogens is 235 g/mol. The number of hydrogen-bond acceptors (Lipinski definition) is 1. The van der Waals surface area contributed by atoms with Gasteiger partial charge in [0, 0.05) is 11.8 Å². The minimum atomic E-state index is -5.47. The van der Waals surface area contributed by atoms with Crippen molar-refractivity contribution >= 4 is 5.97 Å². The second kappa shape index (κ2) is 2.75. The highest BCUT2D eigenvalue weighted by Gasteiger charge is 2.83. The maximum absolute atomic E-state index is 13.6. The van der Waals surface area contributed by atoms with Gasteiger partial charge < -0.3 is 5.11 Å². The number of allylic oxidation sites excluding steroid dienone is 2. The van der Waals surface area contributed by atoms with Gasteiger partial charge >= 0.3 is 12.1 Å². The van der Waals surface area contributed by atoms with Gasteiger partial charge in [0.15, 0.2) is 0 Å². The second-order valence-electron chi connectivity index (χ2n) is 4.07. The third kappa shape index (κ3) is 0.940. The Labute approximate surface area is 86.7 Å². The van der Waals surface area contributed by atoms with Gasteiger partial charge in [0.2, 0.25) is 5.41 Å². The first-order valence-corrected chi connectivity index (χ1v) is 4.52. The van der Waals surface area contributed by atoms with Crippen LogP contribution in [0.5, 0.6) is 0 Å². The molecule has 2 aliphatic rings. The molecule has 2 aliphatic carbocycles. The van der Waals surface area contributed by atoms with Crippen LogP contribution in [0.25, 0.3) is 0 Å². The van der Waals surface area contributed by atoms with Crippen LogP contribution < -0.4 is 0 Å². The Bertz CT molecular complexity index is 373. The summed E-state index contributed by atoms with van der Waals surface area (Å²) in [7, 11) is 0. The molecule has 0 heterocycles. The summed E-state index contributed by atoms with van der Waals surface area (Å²) in [5, 5.41) is 8.62. The molecule has 2 nitrogen and oxygen atoms in total. The van der Waals surface area contributed by atoms with Crippen molar-refractivity contribution in [1.82, 2.24) is 0 Å². The first-order chi connectivity index (χ1) is 7.15. The zero-order chi connectivity index (χ0) is 12.4. The summed E-state index contributed by atoms with van der Waals surface area (Å²) >= 11 is 0. The number of halogens is 5. The van der Waals surface area contributed by atoms with E-state index >= 15 is 0 Å². The molecule has 1 saturated carbocycles. The predicted molar refractivity (Wildman–Crippen MR) is 41.8 cm³/mol. The summed E-state index contributed by atoms with van der Waals surface area (Å²) < 4.78 is 65.3. The van der Waals surface area contributed by atoms with E-state index in [0.29, 0.717) is 0 Å². The van der Waals surface area contributed by atoms with E-state index in [9.17, 15) is 26.7 Å². The molecule has 2 bridgehead atoms. The van der Waals surface area contributed by atoms with Crippen molar-refractivity contribution in [1.29, 1.82) is 0 Å². The summed E-state index contributed by atoms with van der Waals surface area (Å²) in [6, 6.07) is 0. The quantitative estimate of drug-likeness (QED) is 0.566. The third-order valence-corrected chi connectivity index (χ3v) is 3.42. The lowest BCUT2D eigenvalue weighted by Gasteiger charge is -2.38. The third-order valence-electron chi connectivity index (χ3n) is 3.42. The van der Waals surface area contributed by atoms with Gasteiger partial charge in [-0.2, -0.15) is 13.2 Å². The van der Waals surface area contributed by atoms with E-state index in [-0.39, 0.29) is 0 Å². The lowest BCUT2D eigenvalue weighted by molar-refractivity contribution is -0.296. The van der Waals surface area contributed by atoms with Crippen LogP contribution >= 0.6 is 0 Å². The van der Waals surface area contributed by atoms with E-state index in [0.717, 1.165) is 12.2 Å². The molecule has 3 unspecified atom stereocenters. The van der Waals surface area contributed by atoms with Gasteiger partial charge in [-0.3, -0.25) is 4.79 Å². The van der Waals surface area contributed by atoms with E-state index in [2.05, 4.69) is 0 Å². The fraction of sp³-hybridized carbons (Fsp3) is 0.667. The molecule has 0 aromatic rings. The van der Waals surface area contributed by atoms with Gasteiger partial charge in [-0.1, -0.05) is 12.2 Å². The number of fused-ring (bicyclic) bond motifs is 2. The smallest absolute Gasteiger partial charge is 0.411 e. The van der Waals surface area contributed by atoms with Crippen LogP contribution in [0.15, 0.2) is 12.2 Å². The van der Waals surface area contributed by atoms with Crippen LogP contribution in [-0.2, 0) is 4.79 Å². The van der Waals surface area contributed by atoms with Crippen molar-refractivity contribution in [3.05, 3.63) is 12.2 Å². The molecule has 0 spiro atoms. The van der Waals surface area contributed by atoms with Crippen molar-refractivity contribution in [2.24, 2.45) is 17.3 Å². The summed E-state index contributed by atoms with van der Waals surface area (Å²) in [6.07, 6.45) is -4.02. The Hall–Kier alpha value is -1.14. The lowest BCUT2D eigenvalue weighted by atomic mass is 9.72. The predicted octanol–water partition coefficient (Wildman–Crippen LogP) is 2.46. The molecule has 0 radical (unpaired) electrons. The van der Waals surface area contributed by atoms with Crippen molar-refractivity contribution in [2.45, 2.75) is 18.5 Å². The van der Waals surface area contributed by atoms with E-state index in [1.807, 2.05) is 0 Å². The molecule has 0 aromatic heterocycles. The number of alkyl halides is 5. The highest BCUT2D eigenvalue weighted by molar-refractivity contribution is 5.79. The molecule has 1 fully saturated rings. The fourth-order valence-electron chi connectivity index (χ4n) is 2.65. The average molecular weight is 242 g/mol. The van der Waals surface area contributed by atoms with Gasteiger partial charge in [-0.25, -0.2) is 8.78 Å². The molecular formula is C9H7F5O2. The van der Waals surface area contributed by atoms with Gasteiger partial charge in [-0.15, -0.1) is 0 Å². The zero-order valence-corrected chi connectivity index (χ0v) is 7.76. The van der Waals surface area contributed by atoms with E-state index in [4.69, 9.17) is 5.11 Å². The van der Waals surface area contributed by atoms with Crippen molar-refractivity contribution in [3.8, 4) is 0 Å². The molecule has 1 N–H and O–H groups in total. The largest absolute Gasteiger partial charge is 0.480 e. The van der Waals surface area contributed by atoms with Gasteiger partial charge in [0.1, 0.15) is 0 Å². The molecule has 0 saturated heterocycles. The summed E-state index contributed by atoms with van der Waals surface area (Å²) in [5.74, 6) is -10.1. The van der Waals surface area contributed by atoms with E-state index in [1.165, 1.54) is 0 Å². The number of carbonyl (C=O) groups is 1. The highest BCUT2D eigenvalue weighted by atomic mass is 19.4. The molecule has 0 aliphatic heterocycles. The van der Waals surface area contributed by atoms with E-state index < -0.39 is 41.7 Å². The van der Waals surface area contributed by atoms with Gasteiger partial charge in [0.05, 0.1) is 0 Å².